The van der Waals surface area contributed by atoms with Crippen molar-refractivity contribution < 1.29 is 14.4 Å². The lowest BCUT2D eigenvalue weighted by atomic mass is 10.1. The molecule has 1 heterocycles. The van der Waals surface area contributed by atoms with Crippen molar-refractivity contribution in [3.05, 3.63) is 42.2 Å². The fourth-order valence-electron chi connectivity index (χ4n) is 1.11. The number of nitrogens with zero attached hydrogens (tertiary/aromatic N) is 1. The highest BCUT2D eigenvalue weighted by molar-refractivity contribution is 5.61. The van der Waals surface area contributed by atoms with E-state index in [4.69, 9.17) is 14.4 Å². The summed E-state index contributed by atoms with van der Waals surface area (Å²) in [6, 6.07) is 11.9. The minimum atomic E-state index is -1.33. The third-order valence-corrected chi connectivity index (χ3v) is 1.70. The lowest BCUT2D eigenvalue weighted by Crippen LogP contribution is -2.03. The molecule has 0 saturated carbocycles. The third kappa shape index (κ3) is 3.83. The number of benzene rings is 1. The number of carboxylic acid groups (broad SMARTS) is 1. The Kier molecular flexibility index (Phi) is 4.08. The third-order valence-electron chi connectivity index (χ3n) is 1.70. The first-order valence-electron chi connectivity index (χ1n) is 4.56. The summed E-state index contributed by atoms with van der Waals surface area (Å²) in [7, 11) is 0. The number of aromatic nitrogens is 1. The molecule has 2 aromatic rings. The molecule has 0 radical (unpaired) electrons. The first-order valence-corrected chi connectivity index (χ1v) is 4.56. The van der Waals surface area contributed by atoms with E-state index in [0.29, 0.717) is 0 Å². The van der Waals surface area contributed by atoms with Crippen LogP contribution in [-0.4, -0.2) is 16.4 Å². The summed E-state index contributed by atoms with van der Waals surface area (Å²) in [6.45, 7) is 1.89. The summed E-state index contributed by atoms with van der Waals surface area (Å²) in [6.07, 6.45) is -1.33. The van der Waals surface area contributed by atoms with Gasteiger partial charge >= 0.3 is 6.09 Å². The smallest absolute Gasteiger partial charge is 0.402 e. The van der Waals surface area contributed by atoms with E-state index < -0.39 is 6.09 Å². The molecular weight excluding hydrogens is 208 g/mol. The number of rotatable bonds is 1. The second-order valence-corrected chi connectivity index (χ2v) is 3.03. The number of hydrogen-bond acceptors (Lipinski definition) is 3. The summed E-state index contributed by atoms with van der Waals surface area (Å²) >= 11 is 0. The van der Waals surface area contributed by atoms with Crippen molar-refractivity contribution >= 4 is 6.09 Å². The Balaban J connectivity index is 0.000000280. The topological polar surface area (TPSA) is 89.4 Å². The first kappa shape index (κ1) is 11.8. The van der Waals surface area contributed by atoms with Crippen LogP contribution in [0.4, 0.5) is 4.79 Å². The van der Waals surface area contributed by atoms with E-state index in [1.165, 1.54) is 0 Å². The largest absolute Gasteiger partial charge is 0.465 e. The van der Waals surface area contributed by atoms with E-state index >= 15 is 0 Å². The van der Waals surface area contributed by atoms with Gasteiger partial charge in [-0.05, 0) is 6.92 Å². The van der Waals surface area contributed by atoms with Crippen LogP contribution in [0.15, 0.2) is 40.9 Å². The van der Waals surface area contributed by atoms with Crippen molar-refractivity contribution in [1.82, 2.24) is 5.16 Å². The molecule has 0 saturated heterocycles. The lowest BCUT2D eigenvalue weighted by molar-refractivity contribution is 0.205. The molecule has 1 amide bonds. The minimum absolute atomic E-state index is 0.842. The van der Waals surface area contributed by atoms with Gasteiger partial charge < -0.3 is 15.4 Å². The molecule has 0 aliphatic rings. The maximum absolute atomic E-state index is 8.78. The van der Waals surface area contributed by atoms with Crippen LogP contribution in [0, 0.1) is 6.92 Å². The van der Waals surface area contributed by atoms with E-state index in [1.807, 2.05) is 43.3 Å². The SMILES string of the molecule is Cc1cc(-c2ccccc2)no1.NC(=O)O. The highest BCUT2D eigenvalue weighted by Gasteiger charge is 2.00. The predicted octanol–water partition coefficient (Wildman–Crippen LogP) is 2.27. The molecule has 0 aliphatic carbocycles. The van der Waals surface area contributed by atoms with Gasteiger partial charge in [0, 0.05) is 11.6 Å². The van der Waals surface area contributed by atoms with E-state index in [2.05, 4.69) is 10.9 Å². The van der Waals surface area contributed by atoms with Crippen LogP contribution in [0.2, 0.25) is 0 Å². The molecule has 0 atom stereocenters. The summed E-state index contributed by atoms with van der Waals surface area (Å²) < 4.78 is 4.97. The summed E-state index contributed by atoms with van der Waals surface area (Å²) in [5, 5.41) is 11.1. The molecule has 3 N–H and O–H groups in total. The van der Waals surface area contributed by atoms with Crippen LogP contribution in [0.5, 0.6) is 0 Å². The number of aryl methyl sites for hydroxylation is 1. The van der Waals surface area contributed by atoms with Crippen molar-refractivity contribution in [3.8, 4) is 11.3 Å². The fourth-order valence-corrected chi connectivity index (χ4v) is 1.11. The van der Waals surface area contributed by atoms with Crippen LogP contribution in [0.3, 0.4) is 0 Å². The highest BCUT2D eigenvalue weighted by atomic mass is 16.5. The van der Waals surface area contributed by atoms with Crippen LogP contribution in [0.25, 0.3) is 11.3 Å². The Hall–Kier alpha value is -2.30. The van der Waals surface area contributed by atoms with Crippen LogP contribution >= 0.6 is 0 Å². The van der Waals surface area contributed by atoms with Gasteiger partial charge in [0.15, 0.2) is 0 Å². The molecule has 0 unspecified atom stereocenters. The van der Waals surface area contributed by atoms with E-state index in [-0.39, 0.29) is 0 Å². The molecule has 0 bridgehead atoms. The van der Waals surface area contributed by atoms with Gasteiger partial charge in [-0.15, -0.1) is 0 Å². The van der Waals surface area contributed by atoms with Crippen molar-refractivity contribution in [2.75, 3.05) is 0 Å². The van der Waals surface area contributed by atoms with Crippen LogP contribution < -0.4 is 5.73 Å². The van der Waals surface area contributed by atoms with Crippen molar-refractivity contribution in [1.29, 1.82) is 0 Å². The predicted molar refractivity (Wildman–Crippen MR) is 58.9 cm³/mol. The maximum atomic E-state index is 8.78. The Labute approximate surface area is 92.5 Å². The number of hydrogen-bond donors (Lipinski definition) is 2. The molecule has 16 heavy (non-hydrogen) atoms. The summed E-state index contributed by atoms with van der Waals surface area (Å²) in [5.74, 6) is 0.842. The number of carbonyl (C=O) groups is 1. The standard InChI is InChI=1S/C10H9NO.CH3NO2/c1-8-7-10(11-12-8)9-5-3-2-4-6-9;2-1(3)4/h2-7H,1H3;2H2,(H,3,4). The molecular formula is C11H12N2O3. The zero-order valence-electron chi connectivity index (χ0n) is 8.75. The van der Waals surface area contributed by atoms with Crippen LogP contribution in [0.1, 0.15) is 5.76 Å². The Morgan fingerprint density at radius 1 is 1.38 bits per heavy atom. The molecule has 0 spiro atoms. The molecule has 84 valence electrons. The Morgan fingerprint density at radius 2 is 1.94 bits per heavy atom. The minimum Gasteiger partial charge on any atom is -0.465 e. The molecule has 0 aliphatic heterocycles. The maximum Gasteiger partial charge on any atom is 0.402 e. The van der Waals surface area contributed by atoms with Gasteiger partial charge in [0.05, 0.1) is 0 Å². The monoisotopic (exact) mass is 220 g/mol. The normalized spacial score (nSPS) is 9.06. The van der Waals surface area contributed by atoms with Crippen molar-refractivity contribution in [2.24, 2.45) is 5.73 Å². The van der Waals surface area contributed by atoms with Gasteiger partial charge in [-0.3, -0.25) is 0 Å². The average molecular weight is 220 g/mol. The van der Waals surface area contributed by atoms with E-state index in [1.54, 1.807) is 0 Å². The van der Waals surface area contributed by atoms with Gasteiger partial charge in [-0.1, -0.05) is 35.5 Å². The molecule has 1 aromatic carbocycles. The molecule has 1 aromatic heterocycles. The zero-order valence-corrected chi connectivity index (χ0v) is 8.75. The van der Waals surface area contributed by atoms with Gasteiger partial charge in [0.1, 0.15) is 11.5 Å². The van der Waals surface area contributed by atoms with Gasteiger partial charge in [-0.25, -0.2) is 4.79 Å². The quantitative estimate of drug-likeness (QED) is 0.771. The second-order valence-electron chi connectivity index (χ2n) is 3.03. The van der Waals surface area contributed by atoms with Crippen LogP contribution in [-0.2, 0) is 0 Å². The summed E-state index contributed by atoms with van der Waals surface area (Å²) in [4.78, 5) is 8.78. The Bertz CT molecular complexity index is 447. The average Bonchev–Trinajstić information content (AvgIpc) is 2.65. The Morgan fingerprint density at radius 3 is 2.38 bits per heavy atom. The van der Waals surface area contributed by atoms with E-state index in [9.17, 15) is 0 Å². The zero-order chi connectivity index (χ0) is 12.0. The van der Waals surface area contributed by atoms with Gasteiger partial charge in [0.25, 0.3) is 0 Å². The molecule has 0 fully saturated rings. The lowest BCUT2D eigenvalue weighted by Gasteiger charge is -1.90. The molecule has 5 nitrogen and oxygen atoms in total. The second kappa shape index (κ2) is 5.55. The molecule has 5 heteroatoms. The first-order chi connectivity index (χ1) is 7.59. The van der Waals surface area contributed by atoms with Gasteiger partial charge in [0.2, 0.25) is 0 Å². The number of nitrogens with two attached hydrogens (primary N) is 1. The fraction of sp³-hybridized carbons (Fsp3) is 0.0909. The summed E-state index contributed by atoms with van der Waals surface area (Å²) in [5.41, 5.74) is 6.02. The number of amides is 1. The van der Waals surface area contributed by atoms with Crippen molar-refractivity contribution in [3.63, 3.8) is 0 Å². The number of primary amides is 1. The molecule has 2 rings (SSSR count). The van der Waals surface area contributed by atoms with Gasteiger partial charge in [-0.2, -0.15) is 0 Å². The highest BCUT2D eigenvalue weighted by Crippen LogP contribution is 2.17. The van der Waals surface area contributed by atoms with Crippen molar-refractivity contribution in [2.45, 2.75) is 6.92 Å². The van der Waals surface area contributed by atoms with E-state index in [0.717, 1.165) is 17.0 Å².